The van der Waals surface area contributed by atoms with E-state index in [1.165, 1.54) is 11.3 Å². The fourth-order valence-electron chi connectivity index (χ4n) is 0.752. The number of unbranched alkanes of at least 4 members (excludes halogenated alkanes) is 1. The van der Waals surface area contributed by atoms with Crippen molar-refractivity contribution in [3.63, 3.8) is 0 Å². The Labute approximate surface area is 81.9 Å². The van der Waals surface area contributed by atoms with Gasteiger partial charge in [0.15, 0.2) is 0 Å². The van der Waals surface area contributed by atoms with Crippen LogP contribution in [0.15, 0.2) is 5.38 Å². The van der Waals surface area contributed by atoms with Gasteiger partial charge in [-0.05, 0) is 18.9 Å². The summed E-state index contributed by atoms with van der Waals surface area (Å²) in [6.45, 7) is 0.690. The maximum Gasteiger partial charge on any atom is 0.274 e. The summed E-state index contributed by atoms with van der Waals surface area (Å²) in [7, 11) is 1.60. The first-order chi connectivity index (χ1) is 6.36. The summed E-state index contributed by atoms with van der Waals surface area (Å²) in [5.74, 6) is 5.95. The van der Waals surface area contributed by atoms with E-state index in [-0.39, 0.29) is 0 Å². The highest BCUT2D eigenvalue weighted by Gasteiger charge is 1.96. The summed E-state index contributed by atoms with van der Waals surface area (Å²) in [6.07, 6.45) is 1.77. The minimum Gasteiger partial charge on any atom is -0.473 e. The van der Waals surface area contributed by atoms with Gasteiger partial charge in [0.25, 0.3) is 5.19 Å². The Balaban J connectivity index is 2.46. The second kappa shape index (κ2) is 5.57. The molecule has 2 N–H and O–H groups in total. The van der Waals surface area contributed by atoms with Gasteiger partial charge >= 0.3 is 0 Å². The van der Waals surface area contributed by atoms with Crippen LogP contribution in [0.3, 0.4) is 0 Å². The second-order valence-electron chi connectivity index (χ2n) is 2.40. The van der Waals surface area contributed by atoms with E-state index in [1.807, 2.05) is 5.38 Å². The van der Waals surface area contributed by atoms with Crippen LogP contribution in [0, 0.1) is 11.8 Å². The molecule has 0 unspecified atom stereocenters. The maximum absolute atomic E-state index is 5.33. The fourth-order valence-corrected chi connectivity index (χ4v) is 1.32. The molecule has 0 amide bonds. The summed E-state index contributed by atoms with van der Waals surface area (Å²) in [5.41, 5.74) is 6.11. The molecule has 1 heterocycles. The molecule has 0 saturated carbocycles. The van der Waals surface area contributed by atoms with Gasteiger partial charge in [-0.3, -0.25) is 0 Å². The lowest BCUT2D eigenvalue weighted by atomic mass is 10.3. The first-order valence-electron chi connectivity index (χ1n) is 4.05. The van der Waals surface area contributed by atoms with E-state index in [9.17, 15) is 0 Å². The Morgan fingerprint density at radius 3 is 3.15 bits per heavy atom. The van der Waals surface area contributed by atoms with E-state index in [2.05, 4.69) is 16.8 Å². The van der Waals surface area contributed by atoms with Gasteiger partial charge in [-0.15, -0.1) is 0 Å². The molecule has 0 aromatic carbocycles. The predicted octanol–water partition coefficient (Wildman–Crippen LogP) is 1.24. The molecule has 0 spiro atoms. The third kappa shape index (κ3) is 3.45. The average molecular weight is 196 g/mol. The number of thiazole rings is 1. The Morgan fingerprint density at radius 2 is 2.54 bits per heavy atom. The molecule has 0 fully saturated rings. The van der Waals surface area contributed by atoms with Crippen LogP contribution < -0.4 is 10.5 Å². The molecule has 4 heteroatoms. The number of nitrogens with two attached hydrogens (primary N) is 1. The molecule has 0 aliphatic carbocycles. The third-order valence-electron chi connectivity index (χ3n) is 1.38. The highest BCUT2D eigenvalue weighted by atomic mass is 32.1. The number of ether oxygens (including phenoxy) is 1. The van der Waals surface area contributed by atoms with E-state index in [0.717, 1.165) is 18.5 Å². The minimum atomic E-state index is 0.656. The normalized spacial score (nSPS) is 9.08. The van der Waals surface area contributed by atoms with Crippen molar-refractivity contribution in [3.8, 4) is 17.0 Å². The largest absolute Gasteiger partial charge is 0.473 e. The van der Waals surface area contributed by atoms with Gasteiger partial charge in [0.1, 0.15) is 5.69 Å². The van der Waals surface area contributed by atoms with Crippen LogP contribution in [0.1, 0.15) is 18.5 Å². The van der Waals surface area contributed by atoms with Gasteiger partial charge in [-0.2, -0.15) is 4.98 Å². The first-order valence-corrected chi connectivity index (χ1v) is 4.93. The van der Waals surface area contributed by atoms with Crippen LogP contribution in [0.2, 0.25) is 0 Å². The lowest BCUT2D eigenvalue weighted by Gasteiger charge is -1.86. The van der Waals surface area contributed by atoms with Gasteiger partial charge in [0, 0.05) is 11.8 Å². The molecule has 13 heavy (non-hydrogen) atoms. The van der Waals surface area contributed by atoms with Crippen molar-refractivity contribution in [1.29, 1.82) is 0 Å². The molecular formula is C9H12N2OS. The van der Waals surface area contributed by atoms with Crippen molar-refractivity contribution in [2.75, 3.05) is 13.7 Å². The standard InChI is InChI=1S/C9H12N2OS/c1-12-9-11-8(7-13-9)5-3-2-4-6-10/h7H,2,4,6,10H2,1H3. The van der Waals surface area contributed by atoms with E-state index < -0.39 is 0 Å². The summed E-state index contributed by atoms with van der Waals surface area (Å²) in [4.78, 5) is 4.12. The molecule has 1 aromatic rings. The highest BCUT2D eigenvalue weighted by molar-refractivity contribution is 7.11. The Kier molecular flexibility index (Phi) is 4.30. The lowest BCUT2D eigenvalue weighted by Crippen LogP contribution is -1.96. The number of hydrogen-bond acceptors (Lipinski definition) is 4. The van der Waals surface area contributed by atoms with Gasteiger partial charge in [0.2, 0.25) is 0 Å². The van der Waals surface area contributed by atoms with Gasteiger partial charge in [-0.25, -0.2) is 0 Å². The topological polar surface area (TPSA) is 48.1 Å². The number of aromatic nitrogens is 1. The van der Waals surface area contributed by atoms with Crippen LogP contribution >= 0.6 is 11.3 Å². The highest BCUT2D eigenvalue weighted by Crippen LogP contribution is 2.16. The van der Waals surface area contributed by atoms with Crippen molar-refractivity contribution in [2.24, 2.45) is 5.73 Å². The molecule has 0 aliphatic heterocycles. The van der Waals surface area contributed by atoms with Gasteiger partial charge in [-0.1, -0.05) is 17.3 Å². The molecule has 0 atom stereocenters. The van der Waals surface area contributed by atoms with Gasteiger partial charge < -0.3 is 10.5 Å². The Morgan fingerprint density at radius 1 is 1.69 bits per heavy atom. The van der Waals surface area contributed by atoms with Crippen molar-refractivity contribution in [1.82, 2.24) is 4.98 Å². The molecule has 1 aromatic heterocycles. The van der Waals surface area contributed by atoms with Crippen LogP contribution in [-0.4, -0.2) is 18.6 Å². The second-order valence-corrected chi connectivity index (χ2v) is 3.22. The summed E-state index contributed by atoms with van der Waals surface area (Å²) in [6, 6.07) is 0. The molecule has 0 radical (unpaired) electrons. The van der Waals surface area contributed by atoms with Crippen molar-refractivity contribution in [3.05, 3.63) is 11.1 Å². The number of hydrogen-bond donors (Lipinski definition) is 1. The minimum absolute atomic E-state index is 0.656. The Bertz CT molecular complexity index is 311. The van der Waals surface area contributed by atoms with Crippen LogP contribution in [-0.2, 0) is 0 Å². The summed E-state index contributed by atoms with van der Waals surface area (Å²) in [5, 5.41) is 2.54. The Hall–Kier alpha value is -1.05. The maximum atomic E-state index is 5.33. The SMILES string of the molecule is COc1nc(C#CCCCN)cs1. The molecule has 0 bridgehead atoms. The van der Waals surface area contributed by atoms with Gasteiger partial charge in [0.05, 0.1) is 7.11 Å². The zero-order valence-electron chi connectivity index (χ0n) is 7.54. The number of rotatable bonds is 3. The summed E-state index contributed by atoms with van der Waals surface area (Å²) < 4.78 is 4.94. The van der Waals surface area contributed by atoms with Crippen molar-refractivity contribution >= 4 is 11.3 Å². The number of nitrogens with zero attached hydrogens (tertiary/aromatic N) is 1. The third-order valence-corrected chi connectivity index (χ3v) is 2.18. The van der Waals surface area contributed by atoms with E-state index in [1.54, 1.807) is 7.11 Å². The quantitative estimate of drug-likeness (QED) is 0.584. The van der Waals surface area contributed by atoms with Crippen molar-refractivity contribution in [2.45, 2.75) is 12.8 Å². The molecule has 3 nitrogen and oxygen atoms in total. The zero-order chi connectivity index (χ0) is 9.52. The van der Waals surface area contributed by atoms with E-state index >= 15 is 0 Å². The molecule has 0 saturated heterocycles. The van der Waals surface area contributed by atoms with Crippen molar-refractivity contribution < 1.29 is 4.74 Å². The molecular weight excluding hydrogens is 184 g/mol. The molecule has 1 rings (SSSR count). The molecule has 70 valence electrons. The summed E-state index contributed by atoms with van der Waals surface area (Å²) >= 11 is 1.45. The average Bonchev–Trinajstić information content (AvgIpc) is 2.60. The monoisotopic (exact) mass is 196 g/mol. The predicted molar refractivity (Wildman–Crippen MR) is 53.8 cm³/mol. The van der Waals surface area contributed by atoms with Crippen LogP contribution in [0.4, 0.5) is 0 Å². The zero-order valence-corrected chi connectivity index (χ0v) is 8.36. The number of methoxy groups -OCH3 is 1. The van der Waals surface area contributed by atoms with E-state index in [0.29, 0.717) is 11.7 Å². The lowest BCUT2D eigenvalue weighted by molar-refractivity contribution is 0.411. The van der Waals surface area contributed by atoms with Crippen LogP contribution in [0.25, 0.3) is 0 Å². The first kappa shape index (κ1) is 10.0. The molecule has 0 aliphatic rings. The van der Waals surface area contributed by atoms with Crippen LogP contribution in [0.5, 0.6) is 5.19 Å². The fraction of sp³-hybridized carbons (Fsp3) is 0.444. The smallest absolute Gasteiger partial charge is 0.274 e. The van der Waals surface area contributed by atoms with E-state index in [4.69, 9.17) is 10.5 Å².